The Balaban J connectivity index is 3.07. The second kappa shape index (κ2) is 5.34. The lowest BCUT2D eigenvalue weighted by Gasteiger charge is -2.16. The summed E-state index contributed by atoms with van der Waals surface area (Å²) in [5.74, 6) is -0.0845. The number of carbonyl (C=O) groups is 1. The molecule has 0 aliphatic rings. The summed E-state index contributed by atoms with van der Waals surface area (Å²) in [6, 6.07) is 0. The number of hydrogen-bond donors (Lipinski definition) is 1. The molecule has 0 saturated carbocycles. The van der Waals surface area contributed by atoms with E-state index in [1.807, 2.05) is 6.92 Å². The van der Waals surface area contributed by atoms with Gasteiger partial charge >= 0.3 is 6.08 Å². The first kappa shape index (κ1) is 12.3. The Kier molecular flexibility index (Phi) is 4.10. The average Bonchev–Trinajstić information content (AvgIpc) is 2.17. The van der Waals surface area contributed by atoms with Gasteiger partial charge in [-0.05, 0) is 13.8 Å². The van der Waals surface area contributed by atoms with Crippen molar-refractivity contribution in [2.45, 2.75) is 20.8 Å². The van der Waals surface area contributed by atoms with E-state index in [9.17, 15) is 9.18 Å². The summed E-state index contributed by atoms with van der Waals surface area (Å²) < 4.78 is 13.1. The smallest absolute Gasteiger partial charge is 0.315 e. The van der Waals surface area contributed by atoms with E-state index in [1.54, 1.807) is 6.92 Å². The number of hydrogen-bond acceptors (Lipinski definition) is 5. The van der Waals surface area contributed by atoms with Crippen LogP contribution in [0.15, 0.2) is 0 Å². The zero-order valence-electron chi connectivity index (χ0n) is 9.49. The maximum atomic E-state index is 13.1. The molecule has 0 aliphatic carbocycles. The van der Waals surface area contributed by atoms with Crippen molar-refractivity contribution in [3.05, 3.63) is 6.08 Å². The van der Waals surface area contributed by atoms with Crippen molar-refractivity contribution in [1.29, 1.82) is 0 Å². The van der Waals surface area contributed by atoms with Crippen LogP contribution in [0.3, 0.4) is 0 Å². The molecule has 0 saturated heterocycles. The van der Waals surface area contributed by atoms with E-state index in [4.69, 9.17) is 0 Å². The molecule has 0 radical (unpaired) electrons. The summed E-state index contributed by atoms with van der Waals surface area (Å²) >= 11 is 0. The van der Waals surface area contributed by atoms with Gasteiger partial charge in [0.2, 0.25) is 17.8 Å². The van der Waals surface area contributed by atoms with Crippen LogP contribution < -0.4 is 10.2 Å². The van der Waals surface area contributed by atoms with E-state index in [0.717, 1.165) is 0 Å². The van der Waals surface area contributed by atoms with E-state index < -0.39 is 6.08 Å². The Labute approximate surface area is 92.9 Å². The zero-order valence-corrected chi connectivity index (χ0v) is 9.49. The fraction of sp³-hybridized carbons (Fsp3) is 0.556. The number of nitrogens with one attached hydrogen (secondary N) is 1. The van der Waals surface area contributed by atoms with Crippen molar-refractivity contribution < 1.29 is 9.18 Å². The van der Waals surface area contributed by atoms with Gasteiger partial charge in [0.25, 0.3) is 0 Å². The normalized spacial score (nSPS) is 10.0. The fourth-order valence-electron chi connectivity index (χ4n) is 1.20. The number of nitrogens with zero attached hydrogens (tertiary/aromatic N) is 4. The van der Waals surface area contributed by atoms with Crippen LogP contribution in [0.4, 0.5) is 16.3 Å². The lowest BCUT2D eigenvalue weighted by atomic mass is 10.5. The summed E-state index contributed by atoms with van der Waals surface area (Å²) in [7, 11) is 0. The molecule has 6 nitrogen and oxygen atoms in total. The van der Waals surface area contributed by atoms with Gasteiger partial charge in [0.1, 0.15) is 0 Å². The molecule has 1 N–H and O–H groups in total. The van der Waals surface area contributed by atoms with Crippen LogP contribution in [0.5, 0.6) is 0 Å². The lowest BCUT2D eigenvalue weighted by molar-refractivity contribution is -0.116. The first-order chi connectivity index (χ1) is 7.58. The molecule has 0 atom stereocenters. The van der Waals surface area contributed by atoms with E-state index in [0.29, 0.717) is 13.1 Å². The minimum Gasteiger partial charge on any atom is -0.354 e. The van der Waals surface area contributed by atoms with Crippen molar-refractivity contribution in [2.24, 2.45) is 0 Å². The standard InChI is InChI=1S/C9H14FN5O/c1-4-11-8-12-7(10)13-9(14-8)15(5-2)6(3)16/h4-5H2,1-3H3,(H,11,12,13,14). The SMILES string of the molecule is CCNc1nc(F)nc(N(CC)C(C)=O)n1. The number of rotatable bonds is 4. The van der Waals surface area contributed by atoms with Gasteiger partial charge in [-0.2, -0.15) is 19.3 Å². The molecule has 88 valence electrons. The highest BCUT2D eigenvalue weighted by Gasteiger charge is 2.15. The third kappa shape index (κ3) is 2.85. The molecular formula is C9H14FN5O. The molecule has 0 spiro atoms. The lowest BCUT2D eigenvalue weighted by Crippen LogP contribution is -2.30. The summed E-state index contributed by atoms with van der Waals surface area (Å²) in [5.41, 5.74) is 0. The second-order valence-corrected chi connectivity index (χ2v) is 3.02. The van der Waals surface area contributed by atoms with E-state index in [2.05, 4.69) is 20.3 Å². The van der Waals surface area contributed by atoms with E-state index in [-0.39, 0.29) is 17.8 Å². The van der Waals surface area contributed by atoms with Gasteiger partial charge in [0.15, 0.2) is 0 Å². The maximum Gasteiger partial charge on any atom is 0.315 e. The highest BCUT2D eigenvalue weighted by atomic mass is 19.1. The van der Waals surface area contributed by atoms with Gasteiger partial charge in [0.05, 0.1) is 0 Å². The van der Waals surface area contributed by atoms with Gasteiger partial charge in [-0.1, -0.05) is 0 Å². The molecular weight excluding hydrogens is 213 g/mol. The van der Waals surface area contributed by atoms with Crippen LogP contribution in [0, 0.1) is 6.08 Å². The summed E-state index contributed by atoms with van der Waals surface area (Å²) in [6.45, 7) is 5.91. The van der Waals surface area contributed by atoms with Crippen LogP contribution in [0.1, 0.15) is 20.8 Å². The Hall–Kier alpha value is -1.79. The molecule has 0 aliphatic heterocycles. The van der Waals surface area contributed by atoms with E-state index in [1.165, 1.54) is 11.8 Å². The van der Waals surface area contributed by atoms with E-state index >= 15 is 0 Å². The molecule has 1 aromatic heterocycles. The van der Waals surface area contributed by atoms with Crippen LogP contribution >= 0.6 is 0 Å². The van der Waals surface area contributed by atoms with Gasteiger partial charge in [-0.25, -0.2) is 0 Å². The molecule has 7 heteroatoms. The minimum atomic E-state index is -0.902. The number of anilines is 2. The fourth-order valence-corrected chi connectivity index (χ4v) is 1.20. The van der Waals surface area contributed by atoms with Crippen molar-refractivity contribution in [1.82, 2.24) is 15.0 Å². The predicted octanol–water partition coefficient (Wildman–Crippen LogP) is 0.815. The molecule has 1 aromatic rings. The van der Waals surface area contributed by atoms with Crippen LogP contribution in [-0.2, 0) is 4.79 Å². The van der Waals surface area contributed by atoms with Crippen molar-refractivity contribution in [2.75, 3.05) is 23.3 Å². The van der Waals surface area contributed by atoms with Crippen molar-refractivity contribution in [3.8, 4) is 0 Å². The largest absolute Gasteiger partial charge is 0.354 e. The average molecular weight is 227 g/mol. The molecule has 0 fully saturated rings. The highest BCUT2D eigenvalue weighted by molar-refractivity contribution is 5.89. The maximum absolute atomic E-state index is 13.1. The van der Waals surface area contributed by atoms with Crippen LogP contribution in [0.25, 0.3) is 0 Å². The van der Waals surface area contributed by atoms with Gasteiger partial charge in [0, 0.05) is 20.0 Å². The first-order valence-corrected chi connectivity index (χ1v) is 5.02. The van der Waals surface area contributed by atoms with Gasteiger partial charge in [-0.3, -0.25) is 9.69 Å². The van der Waals surface area contributed by atoms with Crippen LogP contribution in [0.2, 0.25) is 0 Å². The van der Waals surface area contributed by atoms with Gasteiger partial charge in [-0.15, -0.1) is 0 Å². The van der Waals surface area contributed by atoms with Crippen LogP contribution in [-0.4, -0.2) is 33.9 Å². The molecule has 1 heterocycles. The molecule has 0 unspecified atom stereocenters. The third-order valence-electron chi connectivity index (χ3n) is 1.87. The minimum absolute atomic E-state index is 0.0263. The quantitative estimate of drug-likeness (QED) is 0.824. The number of halogens is 1. The first-order valence-electron chi connectivity index (χ1n) is 5.02. The predicted molar refractivity (Wildman–Crippen MR) is 57.6 cm³/mol. The van der Waals surface area contributed by atoms with Crippen molar-refractivity contribution >= 4 is 17.8 Å². The zero-order chi connectivity index (χ0) is 12.1. The second-order valence-electron chi connectivity index (χ2n) is 3.02. The number of carbonyl (C=O) groups excluding carboxylic acids is 1. The topological polar surface area (TPSA) is 71.0 Å². The Morgan fingerprint density at radius 3 is 2.56 bits per heavy atom. The van der Waals surface area contributed by atoms with Gasteiger partial charge < -0.3 is 5.32 Å². The summed E-state index contributed by atoms with van der Waals surface area (Å²) in [4.78, 5) is 23.4. The Morgan fingerprint density at radius 1 is 1.38 bits per heavy atom. The summed E-state index contributed by atoms with van der Waals surface area (Å²) in [5, 5.41) is 2.77. The third-order valence-corrected chi connectivity index (χ3v) is 1.87. The molecule has 0 bridgehead atoms. The molecule has 1 rings (SSSR count). The summed E-state index contributed by atoms with van der Waals surface area (Å²) in [6.07, 6.45) is -0.902. The molecule has 0 aromatic carbocycles. The molecule has 16 heavy (non-hydrogen) atoms. The highest BCUT2D eigenvalue weighted by Crippen LogP contribution is 2.10. The number of amides is 1. The molecule has 1 amide bonds. The van der Waals surface area contributed by atoms with Crippen molar-refractivity contribution in [3.63, 3.8) is 0 Å². The Morgan fingerprint density at radius 2 is 2.06 bits per heavy atom. The number of aromatic nitrogens is 3. The Bertz CT molecular complexity index is 384. The monoisotopic (exact) mass is 227 g/mol.